The van der Waals surface area contributed by atoms with E-state index in [0.717, 1.165) is 0 Å². The second-order valence-corrected chi connectivity index (χ2v) is 0. The third-order valence-electron chi connectivity index (χ3n) is 0. The monoisotopic (exact) mass is 170 g/mol. The van der Waals surface area contributed by atoms with Crippen LogP contribution in [0.4, 0.5) is 0 Å². The minimum Gasteiger partial charge on any atom is -1.00 e. The molecule has 0 unspecified atom stereocenters. The van der Waals surface area contributed by atoms with Crippen molar-refractivity contribution in [3.63, 3.8) is 0 Å². The van der Waals surface area contributed by atoms with Crippen molar-refractivity contribution in [2.45, 2.75) is 0 Å². The SMILES string of the molecule is [C-]#[C-].[C-]#[C-].[C-]#[C-].[Mo+6]. The number of hydrogen-bond acceptors (Lipinski definition) is 0. The van der Waals surface area contributed by atoms with Crippen LogP contribution in [0, 0.1) is 38.5 Å². The molecule has 7 heavy (non-hydrogen) atoms. The average Bonchev–Trinajstić information content (AvgIpc) is 1.81. The molecule has 0 rings (SSSR count). The topological polar surface area (TPSA) is 0 Å². The van der Waals surface area contributed by atoms with Crippen LogP contribution in [0.1, 0.15) is 0 Å². The molecule has 0 fully saturated rings. The largest absolute Gasteiger partial charge is 6.00 e. The van der Waals surface area contributed by atoms with E-state index in [2.05, 4.69) is 0 Å². The van der Waals surface area contributed by atoms with Crippen LogP contribution < -0.4 is 0 Å². The molecule has 0 atom stereocenters. The first kappa shape index (κ1) is 32.7. The van der Waals surface area contributed by atoms with E-state index in [0.29, 0.717) is 0 Å². The van der Waals surface area contributed by atoms with Gasteiger partial charge in [0.05, 0.1) is 0 Å². The smallest absolute Gasteiger partial charge is 1.00 e. The fraction of sp³-hybridized carbons (Fsp3) is 0. The molecule has 0 aromatic heterocycles. The van der Waals surface area contributed by atoms with E-state index in [4.69, 9.17) is 38.5 Å². The minimum atomic E-state index is 0. The van der Waals surface area contributed by atoms with Crippen molar-refractivity contribution >= 4 is 0 Å². The summed E-state index contributed by atoms with van der Waals surface area (Å²) in [5, 5.41) is 0. The van der Waals surface area contributed by atoms with Crippen molar-refractivity contribution in [3.05, 3.63) is 38.5 Å². The quantitative estimate of drug-likeness (QED) is 0.280. The van der Waals surface area contributed by atoms with Gasteiger partial charge < -0.3 is 38.5 Å². The van der Waals surface area contributed by atoms with Gasteiger partial charge in [0.25, 0.3) is 0 Å². The standard InChI is InChI=1S/3C2.Mo/c3*1-2;/q3*-2;+6. The van der Waals surface area contributed by atoms with Gasteiger partial charge >= 0.3 is 21.1 Å². The van der Waals surface area contributed by atoms with Crippen LogP contribution in [-0.2, 0) is 21.1 Å². The first-order valence-electron chi connectivity index (χ1n) is 0.750. The molecular weight excluding hydrogens is 168 g/mol. The molecule has 0 aromatic carbocycles. The maximum atomic E-state index is 5.00. The third-order valence-corrected chi connectivity index (χ3v) is 0. The van der Waals surface area contributed by atoms with Gasteiger partial charge in [-0.25, -0.2) is 0 Å². The Balaban J connectivity index is -0.00000000900. The van der Waals surface area contributed by atoms with E-state index in [9.17, 15) is 0 Å². The van der Waals surface area contributed by atoms with Gasteiger partial charge in [-0.05, 0) is 0 Å². The predicted octanol–water partition coefficient (Wildman–Crippen LogP) is 0.485. The fourth-order valence-electron chi connectivity index (χ4n) is 0. The van der Waals surface area contributed by atoms with Crippen molar-refractivity contribution in [2.24, 2.45) is 0 Å². The molecule has 0 aliphatic rings. The van der Waals surface area contributed by atoms with E-state index in [-0.39, 0.29) is 21.1 Å². The van der Waals surface area contributed by atoms with Crippen molar-refractivity contribution in [2.75, 3.05) is 0 Å². The minimum absolute atomic E-state index is 0. The van der Waals surface area contributed by atoms with Gasteiger partial charge in [-0.3, -0.25) is 0 Å². The van der Waals surface area contributed by atoms with Gasteiger partial charge in [0, 0.05) is 0 Å². The summed E-state index contributed by atoms with van der Waals surface area (Å²) in [7, 11) is 0. The maximum absolute atomic E-state index is 5.00. The summed E-state index contributed by atoms with van der Waals surface area (Å²) in [6.45, 7) is 0. The van der Waals surface area contributed by atoms with E-state index >= 15 is 0 Å². The summed E-state index contributed by atoms with van der Waals surface area (Å²) >= 11 is 0. The molecule has 0 saturated carbocycles. The summed E-state index contributed by atoms with van der Waals surface area (Å²) in [6.07, 6.45) is 30.0. The zero-order valence-electron chi connectivity index (χ0n) is 3.41. The Morgan fingerprint density at radius 1 is 0.429 bits per heavy atom. The van der Waals surface area contributed by atoms with E-state index < -0.39 is 0 Å². The van der Waals surface area contributed by atoms with Crippen molar-refractivity contribution in [1.29, 1.82) is 0 Å². The Labute approximate surface area is 60.0 Å². The molecule has 0 amide bonds. The third kappa shape index (κ3) is 153. The number of hydrogen-bond donors (Lipinski definition) is 0. The number of rotatable bonds is 0. The summed E-state index contributed by atoms with van der Waals surface area (Å²) in [4.78, 5) is 0. The zero-order valence-corrected chi connectivity index (χ0v) is 5.42. The van der Waals surface area contributed by atoms with Gasteiger partial charge in [0.2, 0.25) is 0 Å². The van der Waals surface area contributed by atoms with Crippen LogP contribution in [-0.4, -0.2) is 0 Å². The Bertz CT molecular complexity index is 32.7. The second-order valence-electron chi connectivity index (χ2n) is 0. The van der Waals surface area contributed by atoms with Gasteiger partial charge in [-0.1, -0.05) is 0 Å². The normalized spacial score (nSPS) is 0.857. The molecular formula is C6Mo. The molecule has 0 heterocycles. The van der Waals surface area contributed by atoms with E-state index in [1.54, 1.807) is 0 Å². The molecule has 1 heteroatoms. The summed E-state index contributed by atoms with van der Waals surface area (Å²) in [5.74, 6) is 0. The Morgan fingerprint density at radius 3 is 0.429 bits per heavy atom. The Kier molecular flexibility index (Phi) is 1200. The van der Waals surface area contributed by atoms with E-state index in [1.807, 2.05) is 0 Å². The van der Waals surface area contributed by atoms with Gasteiger partial charge in [-0.2, -0.15) is 0 Å². The van der Waals surface area contributed by atoms with E-state index in [1.165, 1.54) is 0 Å². The predicted molar refractivity (Wildman–Crippen MR) is 19.5 cm³/mol. The molecule has 0 nitrogen and oxygen atoms in total. The first-order chi connectivity index (χ1) is 3.00. The van der Waals surface area contributed by atoms with Gasteiger partial charge in [0.1, 0.15) is 0 Å². The summed E-state index contributed by atoms with van der Waals surface area (Å²) in [5.41, 5.74) is 0. The Hall–Kier alpha value is -0.632. The molecule has 0 aliphatic carbocycles. The van der Waals surface area contributed by atoms with Gasteiger partial charge in [0.15, 0.2) is 0 Å². The molecule has 0 bridgehead atoms. The second kappa shape index (κ2) is 257. The molecule has 0 saturated heterocycles. The summed E-state index contributed by atoms with van der Waals surface area (Å²) in [6, 6.07) is 0. The Morgan fingerprint density at radius 2 is 0.429 bits per heavy atom. The van der Waals surface area contributed by atoms with Crippen LogP contribution >= 0.6 is 0 Å². The maximum Gasteiger partial charge on any atom is 6.00 e. The molecule has 0 aliphatic heterocycles. The molecule has 0 spiro atoms. The molecule has 0 N–H and O–H groups in total. The molecule has 0 aromatic rings. The van der Waals surface area contributed by atoms with Crippen LogP contribution in [0.25, 0.3) is 0 Å². The fourth-order valence-corrected chi connectivity index (χ4v) is 0. The first-order valence-corrected chi connectivity index (χ1v) is 0.750. The zero-order chi connectivity index (χ0) is 6.00. The van der Waals surface area contributed by atoms with Gasteiger partial charge in [-0.15, -0.1) is 0 Å². The van der Waals surface area contributed by atoms with Crippen molar-refractivity contribution in [1.82, 2.24) is 0 Å². The molecule has 0 radical (unpaired) electrons. The van der Waals surface area contributed by atoms with Crippen LogP contribution in [0.2, 0.25) is 0 Å². The average molecular weight is 168 g/mol. The van der Waals surface area contributed by atoms with Crippen molar-refractivity contribution in [3.8, 4) is 0 Å². The van der Waals surface area contributed by atoms with Crippen molar-refractivity contribution < 1.29 is 21.1 Å². The summed E-state index contributed by atoms with van der Waals surface area (Å²) < 4.78 is 0. The van der Waals surface area contributed by atoms with Crippen LogP contribution in [0.15, 0.2) is 0 Å². The van der Waals surface area contributed by atoms with Crippen LogP contribution in [0.3, 0.4) is 0 Å². The molecule has 30 valence electrons. The van der Waals surface area contributed by atoms with Crippen LogP contribution in [0.5, 0.6) is 0 Å².